The van der Waals surface area contributed by atoms with Crippen molar-refractivity contribution >= 4 is 0 Å². The van der Waals surface area contributed by atoms with E-state index < -0.39 is 0 Å². The lowest BCUT2D eigenvalue weighted by atomic mass is 9.96. The van der Waals surface area contributed by atoms with E-state index in [2.05, 4.69) is 56.4 Å². The quantitative estimate of drug-likeness (QED) is 0.757. The van der Waals surface area contributed by atoms with Gasteiger partial charge in [0.2, 0.25) is 0 Å². The average molecular weight is 249 g/mol. The topological polar surface area (TPSA) is 21.3 Å². The minimum atomic E-state index is 0.383. The molecule has 1 aromatic rings. The maximum absolute atomic E-state index is 5.47. The van der Waals surface area contributed by atoms with E-state index in [1.165, 1.54) is 5.56 Å². The second kappa shape index (κ2) is 8.28. The molecule has 0 amide bonds. The molecule has 0 bridgehead atoms. The van der Waals surface area contributed by atoms with Crippen molar-refractivity contribution in [3.8, 4) is 0 Å². The first kappa shape index (κ1) is 15.2. The zero-order valence-electron chi connectivity index (χ0n) is 12.1. The molecule has 2 nitrogen and oxygen atoms in total. The molecule has 0 aliphatic rings. The van der Waals surface area contributed by atoms with Gasteiger partial charge in [0.05, 0.1) is 6.61 Å². The van der Waals surface area contributed by atoms with Crippen LogP contribution in [0.2, 0.25) is 0 Å². The summed E-state index contributed by atoms with van der Waals surface area (Å²) in [5, 5.41) is 3.67. The molecule has 0 saturated heterocycles. The lowest BCUT2D eigenvalue weighted by molar-refractivity contribution is 0.122. The number of benzene rings is 1. The van der Waals surface area contributed by atoms with Crippen molar-refractivity contribution in [2.24, 2.45) is 5.92 Å². The maximum Gasteiger partial charge on any atom is 0.0616 e. The molecule has 0 fully saturated rings. The summed E-state index contributed by atoms with van der Waals surface area (Å²) >= 11 is 0. The fraction of sp³-hybridized carbons (Fsp3) is 0.625. The molecule has 0 spiro atoms. The van der Waals surface area contributed by atoms with E-state index in [4.69, 9.17) is 4.74 Å². The molecule has 0 aliphatic heterocycles. The summed E-state index contributed by atoms with van der Waals surface area (Å²) < 4.78 is 5.47. The van der Waals surface area contributed by atoms with E-state index in [0.29, 0.717) is 18.0 Å². The fourth-order valence-electron chi connectivity index (χ4n) is 2.14. The Morgan fingerprint density at radius 1 is 1.11 bits per heavy atom. The lowest BCUT2D eigenvalue weighted by Crippen LogP contribution is -2.34. The van der Waals surface area contributed by atoms with Crippen LogP contribution in [0, 0.1) is 5.92 Å². The fourth-order valence-corrected chi connectivity index (χ4v) is 2.14. The maximum atomic E-state index is 5.47. The molecule has 2 heteroatoms. The van der Waals surface area contributed by atoms with E-state index in [9.17, 15) is 0 Å². The van der Waals surface area contributed by atoms with Gasteiger partial charge < -0.3 is 10.1 Å². The third kappa shape index (κ3) is 5.65. The summed E-state index contributed by atoms with van der Waals surface area (Å²) in [6.07, 6.45) is 1.15. The highest BCUT2D eigenvalue weighted by molar-refractivity contribution is 5.19. The SMILES string of the molecule is CCOCC(C)NC(CC(C)C)c1ccccc1. The monoisotopic (exact) mass is 249 g/mol. The second-order valence-corrected chi connectivity index (χ2v) is 5.32. The van der Waals surface area contributed by atoms with Crippen molar-refractivity contribution in [1.82, 2.24) is 5.32 Å². The van der Waals surface area contributed by atoms with E-state index >= 15 is 0 Å². The summed E-state index contributed by atoms with van der Waals surface area (Å²) in [4.78, 5) is 0. The van der Waals surface area contributed by atoms with Crippen molar-refractivity contribution < 1.29 is 4.74 Å². The molecule has 0 heterocycles. The summed E-state index contributed by atoms with van der Waals surface area (Å²) in [7, 11) is 0. The minimum absolute atomic E-state index is 0.383. The van der Waals surface area contributed by atoms with Crippen molar-refractivity contribution in [3.63, 3.8) is 0 Å². The van der Waals surface area contributed by atoms with Crippen LogP contribution >= 0.6 is 0 Å². The number of hydrogen-bond acceptors (Lipinski definition) is 2. The van der Waals surface area contributed by atoms with Crippen LogP contribution in [0.1, 0.15) is 45.7 Å². The number of hydrogen-bond donors (Lipinski definition) is 1. The zero-order valence-corrected chi connectivity index (χ0v) is 12.1. The molecular weight excluding hydrogens is 222 g/mol. The highest BCUT2D eigenvalue weighted by Gasteiger charge is 2.15. The molecular formula is C16H27NO. The molecule has 0 aromatic heterocycles. The van der Waals surface area contributed by atoms with Crippen LogP contribution < -0.4 is 5.32 Å². The van der Waals surface area contributed by atoms with Crippen LogP contribution in [-0.4, -0.2) is 19.3 Å². The Labute approximate surface area is 112 Å². The second-order valence-electron chi connectivity index (χ2n) is 5.32. The van der Waals surface area contributed by atoms with Crippen LogP contribution in [0.4, 0.5) is 0 Å². The number of ether oxygens (including phenoxy) is 1. The van der Waals surface area contributed by atoms with Crippen LogP contribution in [-0.2, 0) is 4.74 Å². The Morgan fingerprint density at radius 3 is 2.33 bits per heavy atom. The van der Waals surface area contributed by atoms with E-state index in [1.807, 2.05) is 6.92 Å². The molecule has 2 atom stereocenters. The smallest absolute Gasteiger partial charge is 0.0616 e. The van der Waals surface area contributed by atoms with Crippen molar-refractivity contribution in [1.29, 1.82) is 0 Å². The Balaban J connectivity index is 2.61. The lowest BCUT2D eigenvalue weighted by Gasteiger charge is -2.25. The summed E-state index contributed by atoms with van der Waals surface area (Å²) in [5.74, 6) is 0.682. The molecule has 18 heavy (non-hydrogen) atoms. The minimum Gasteiger partial charge on any atom is -0.380 e. The van der Waals surface area contributed by atoms with Crippen LogP contribution in [0.15, 0.2) is 30.3 Å². The standard InChI is InChI=1S/C16H27NO/c1-5-18-12-14(4)17-16(11-13(2)3)15-9-7-6-8-10-15/h6-10,13-14,16-17H,5,11-12H2,1-4H3. The molecule has 0 radical (unpaired) electrons. The molecule has 1 N–H and O–H groups in total. The van der Waals surface area contributed by atoms with Gasteiger partial charge in [-0.3, -0.25) is 0 Å². The van der Waals surface area contributed by atoms with Gasteiger partial charge in [0.1, 0.15) is 0 Å². The van der Waals surface area contributed by atoms with Gasteiger partial charge in [-0.05, 0) is 31.7 Å². The first-order valence-corrected chi connectivity index (χ1v) is 7.02. The van der Waals surface area contributed by atoms with Crippen LogP contribution in [0.25, 0.3) is 0 Å². The first-order valence-electron chi connectivity index (χ1n) is 7.02. The van der Waals surface area contributed by atoms with Crippen molar-refractivity contribution in [2.45, 2.75) is 46.2 Å². The molecule has 0 saturated carbocycles. The largest absolute Gasteiger partial charge is 0.380 e. The van der Waals surface area contributed by atoms with Crippen molar-refractivity contribution in [2.75, 3.05) is 13.2 Å². The van der Waals surface area contributed by atoms with Gasteiger partial charge >= 0.3 is 0 Å². The molecule has 1 rings (SSSR count). The van der Waals surface area contributed by atoms with E-state index in [0.717, 1.165) is 19.6 Å². The normalized spacial score (nSPS) is 14.7. The van der Waals surface area contributed by atoms with Gasteiger partial charge in [0.25, 0.3) is 0 Å². The highest BCUT2D eigenvalue weighted by atomic mass is 16.5. The van der Waals surface area contributed by atoms with Gasteiger partial charge in [-0.1, -0.05) is 44.2 Å². The van der Waals surface area contributed by atoms with Crippen molar-refractivity contribution in [3.05, 3.63) is 35.9 Å². The van der Waals surface area contributed by atoms with Gasteiger partial charge in [0.15, 0.2) is 0 Å². The Morgan fingerprint density at radius 2 is 1.78 bits per heavy atom. The first-order chi connectivity index (χ1) is 8.63. The van der Waals surface area contributed by atoms with Gasteiger partial charge in [-0.15, -0.1) is 0 Å². The number of rotatable bonds is 8. The van der Waals surface area contributed by atoms with Crippen LogP contribution in [0.3, 0.4) is 0 Å². The van der Waals surface area contributed by atoms with Gasteiger partial charge in [0, 0.05) is 18.7 Å². The predicted molar refractivity (Wildman–Crippen MR) is 77.7 cm³/mol. The Kier molecular flexibility index (Phi) is 6.99. The molecule has 1 aromatic carbocycles. The summed E-state index contributed by atoms with van der Waals surface area (Å²) in [6, 6.07) is 11.5. The van der Waals surface area contributed by atoms with E-state index in [-0.39, 0.29) is 0 Å². The van der Waals surface area contributed by atoms with Crippen LogP contribution in [0.5, 0.6) is 0 Å². The molecule has 102 valence electrons. The molecule has 0 aliphatic carbocycles. The average Bonchev–Trinajstić information content (AvgIpc) is 2.36. The van der Waals surface area contributed by atoms with E-state index in [1.54, 1.807) is 0 Å². The predicted octanol–water partition coefficient (Wildman–Crippen LogP) is 3.79. The number of nitrogens with one attached hydrogen (secondary N) is 1. The molecule has 2 unspecified atom stereocenters. The zero-order chi connectivity index (χ0) is 13.4. The third-order valence-electron chi connectivity index (χ3n) is 2.97. The Hall–Kier alpha value is -0.860. The third-order valence-corrected chi connectivity index (χ3v) is 2.97. The summed E-state index contributed by atoms with van der Waals surface area (Å²) in [5.41, 5.74) is 1.37. The van der Waals surface area contributed by atoms with Gasteiger partial charge in [-0.25, -0.2) is 0 Å². The Bertz CT molecular complexity index is 310. The summed E-state index contributed by atoms with van der Waals surface area (Å²) in [6.45, 7) is 10.3. The van der Waals surface area contributed by atoms with Gasteiger partial charge in [-0.2, -0.15) is 0 Å². The highest BCUT2D eigenvalue weighted by Crippen LogP contribution is 2.21.